The van der Waals surface area contributed by atoms with E-state index in [9.17, 15) is 9.90 Å². The molecule has 4 unspecified atom stereocenters. The number of amides is 1. The zero-order chi connectivity index (χ0) is 20.0. The van der Waals surface area contributed by atoms with Crippen molar-refractivity contribution in [2.75, 3.05) is 10.6 Å². The number of benzene rings is 2. The Labute approximate surface area is 167 Å². The van der Waals surface area contributed by atoms with Crippen molar-refractivity contribution in [3.8, 4) is 5.75 Å². The van der Waals surface area contributed by atoms with Crippen molar-refractivity contribution < 1.29 is 9.90 Å². The third kappa shape index (κ3) is 3.14. The smallest absolute Gasteiger partial charge is 0.229 e. The second kappa shape index (κ2) is 6.77. The molecule has 0 spiro atoms. The zero-order valence-electron chi connectivity index (χ0n) is 15.6. The van der Waals surface area contributed by atoms with Crippen LogP contribution < -0.4 is 16.4 Å². The van der Waals surface area contributed by atoms with Crippen molar-refractivity contribution in [3.05, 3.63) is 60.7 Å². The van der Waals surface area contributed by atoms with Gasteiger partial charge in [-0.3, -0.25) is 4.79 Å². The van der Waals surface area contributed by atoms with Gasteiger partial charge in [0.1, 0.15) is 11.6 Å². The van der Waals surface area contributed by atoms with Crippen LogP contribution in [0.3, 0.4) is 0 Å². The molecule has 29 heavy (non-hydrogen) atoms. The highest BCUT2D eigenvalue weighted by atomic mass is 16.3. The van der Waals surface area contributed by atoms with Gasteiger partial charge in [-0.25, -0.2) is 4.98 Å². The summed E-state index contributed by atoms with van der Waals surface area (Å²) in [7, 11) is 0. The lowest BCUT2D eigenvalue weighted by Gasteiger charge is -2.27. The highest BCUT2D eigenvalue weighted by molar-refractivity contribution is 5.91. The monoisotopic (exact) mass is 387 g/mol. The number of phenols is 1. The van der Waals surface area contributed by atoms with Gasteiger partial charge in [-0.05, 0) is 42.5 Å². The van der Waals surface area contributed by atoms with E-state index in [0.29, 0.717) is 17.5 Å². The fourth-order valence-corrected chi connectivity index (χ4v) is 4.52. The Morgan fingerprint density at radius 1 is 1.07 bits per heavy atom. The van der Waals surface area contributed by atoms with Gasteiger partial charge in [0.2, 0.25) is 11.9 Å². The Hall–Kier alpha value is -3.61. The Kier molecular flexibility index (Phi) is 4.08. The lowest BCUT2D eigenvalue weighted by molar-refractivity contribution is -0.122. The number of primary amides is 1. The van der Waals surface area contributed by atoms with E-state index in [-0.39, 0.29) is 35.5 Å². The van der Waals surface area contributed by atoms with Crippen LogP contribution in [0.5, 0.6) is 5.75 Å². The first-order valence-electron chi connectivity index (χ1n) is 9.65. The number of hydrogen-bond donors (Lipinski definition) is 4. The number of aromatic nitrogens is 2. The van der Waals surface area contributed by atoms with Crippen LogP contribution in [0.1, 0.15) is 6.42 Å². The summed E-state index contributed by atoms with van der Waals surface area (Å²) in [5.74, 6) is 1.15. The average Bonchev–Trinajstić information content (AvgIpc) is 3.29. The molecule has 2 aliphatic rings. The summed E-state index contributed by atoms with van der Waals surface area (Å²) in [6.45, 7) is 0. The predicted molar refractivity (Wildman–Crippen MR) is 112 cm³/mol. The van der Waals surface area contributed by atoms with Gasteiger partial charge < -0.3 is 21.5 Å². The highest BCUT2D eigenvalue weighted by Gasteiger charge is 2.47. The minimum absolute atomic E-state index is 0.0885. The fraction of sp³-hybridized carbons (Fsp3) is 0.227. The van der Waals surface area contributed by atoms with E-state index in [2.05, 4.69) is 32.8 Å². The molecule has 7 heteroatoms. The Morgan fingerprint density at radius 3 is 2.72 bits per heavy atom. The molecule has 1 saturated carbocycles. The van der Waals surface area contributed by atoms with Crippen molar-refractivity contribution in [1.82, 2.24) is 9.97 Å². The second-order valence-corrected chi connectivity index (χ2v) is 7.63. The minimum Gasteiger partial charge on any atom is -0.508 e. The molecule has 4 atom stereocenters. The molecule has 2 aromatic carbocycles. The number of nitrogens with two attached hydrogens (primary N) is 1. The molecule has 1 aromatic heterocycles. The fourth-order valence-electron chi connectivity index (χ4n) is 4.52. The van der Waals surface area contributed by atoms with Gasteiger partial charge in [0.05, 0.1) is 11.4 Å². The summed E-state index contributed by atoms with van der Waals surface area (Å²) in [5.41, 5.74) is 7.17. The van der Waals surface area contributed by atoms with Crippen LogP contribution in [0.4, 0.5) is 17.5 Å². The van der Waals surface area contributed by atoms with E-state index in [0.717, 1.165) is 17.3 Å². The normalized spacial score (nSPS) is 24.7. The second-order valence-electron chi connectivity index (χ2n) is 7.63. The summed E-state index contributed by atoms with van der Waals surface area (Å²) in [6, 6.07) is 14.4. The number of para-hydroxylation sites is 1. The van der Waals surface area contributed by atoms with Crippen LogP contribution in [0.15, 0.2) is 60.7 Å². The maximum absolute atomic E-state index is 12.1. The van der Waals surface area contributed by atoms with Crippen molar-refractivity contribution in [3.63, 3.8) is 0 Å². The van der Waals surface area contributed by atoms with Gasteiger partial charge in [-0.1, -0.05) is 30.4 Å². The van der Waals surface area contributed by atoms with E-state index in [4.69, 9.17) is 5.73 Å². The summed E-state index contributed by atoms with van der Waals surface area (Å²) in [5, 5.41) is 17.2. The molecular formula is C22H21N5O2. The van der Waals surface area contributed by atoms with E-state index < -0.39 is 0 Å². The number of phenolic OH excluding ortho intramolecular Hbond substituents is 1. The standard InChI is InChI=1S/C22H21N5O2/c23-20(29)18-12-8-9-13(10-12)19(18)26-21-16-6-1-2-7-17(16)25-22(27-21)24-14-4-3-5-15(28)11-14/h1-9,11-13,18-19,28H,10H2,(H2,23,29)(H2,24,25,26,27). The number of hydrogen-bond acceptors (Lipinski definition) is 6. The maximum atomic E-state index is 12.1. The molecule has 2 aliphatic carbocycles. The van der Waals surface area contributed by atoms with Gasteiger partial charge in [0, 0.05) is 23.2 Å². The van der Waals surface area contributed by atoms with E-state index in [1.54, 1.807) is 18.2 Å². The van der Waals surface area contributed by atoms with Crippen LogP contribution in [0.2, 0.25) is 0 Å². The van der Waals surface area contributed by atoms with Gasteiger partial charge >= 0.3 is 0 Å². The van der Waals surface area contributed by atoms with E-state index in [1.807, 2.05) is 30.3 Å². The molecule has 5 N–H and O–H groups in total. The lowest BCUT2D eigenvalue weighted by Crippen LogP contribution is -2.41. The number of aromatic hydroxyl groups is 1. The molecule has 0 saturated heterocycles. The number of anilines is 3. The summed E-state index contributed by atoms with van der Waals surface area (Å²) in [6.07, 6.45) is 5.20. The van der Waals surface area contributed by atoms with Crippen LogP contribution in [0.25, 0.3) is 10.9 Å². The van der Waals surface area contributed by atoms with Crippen LogP contribution in [-0.2, 0) is 4.79 Å². The molecule has 1 heterocycles. The number of nitrogens with one attached hydrogen (secondary N) is 2. The Morgan fingerprint density at radius 2 is 1.90 bits per heavy atom. The first-order valence-corrected chi connectivity index (χ1v) is 9.65. The van der Waals surface area contributed by atoms with Crippen LogP contribution in [0, 0.1) is 17.8 Å². The van der Waals surface area contributed by atoms with E-state index in [1.165, 1.54) is 0 Å². The topological polar surface area (TPSA) is 113 Å². The lowest BCUT2D eigenvalue weighted by atomic mass is 9.88. The summed E-state index contributed by atoms with van der Waals surface area (Å²) < 4.78 is 0. The maximum Gasteiger partial charge on any atom is 0.229 e. The highest BCUT2D eigenvalue weighted by Crippen LogP contribution is 2.45. The van der Waals surface area contributed by atoms with E-state index >= 15 is 0 Å². The van der Waals surface area contributed by atoms with Crippen LogP contribution in [-0.4, -0.2) is 27.0 Å². The first kappa shape index (κ1) is 17.5. The summed E-state index contributed by atoms with van der Waals surface area (Å²) >= 11 is 0. The molecular weight excluding hydrogens is 366 g/mol. The largest absolute Gasteiger partial charge is 0.508 e. The van der Waals surface area contributed by atoms with Crippen molar-refractivity contribution >= 4 is 34.3 Å². The van der Waals surface area contributed by atoms with Crippen molar-refractivity contribution in [2.45, 2.75) is 12.5 Å². The molecule has 2 bridgehead atoms. The molecule has 146 valence electrons. The molecule has 3 aromatic rings. The number of fused-ring (bicyclic) bond motifs is 3. The summed E-state index contributed by atoms with van der Waals surface area (Å²) in [4.78, 5) is 21.3. The first-order chi connectivity index (χ1) is 14.1. The molecule has 1 amide bonds. The zero-order valence-corrected chi connectivity index (χ0v) is 15.6. The third-order valence-electron chi connectivity index (χ3n) is 5.80. The predicted octanol–water partition coefficient (Wildman–Crippen LogP) is 3.17. The molecule has 0 radical (unpaired) electrons. The number of allylic oxidation sites excluding steroid dienone is 1. The average molecular weight is 387 g/mol. The minimum atomic E-state index is -0.282. The van der Waals surface area contributed by atoms with Gasteiger partial charge in [0.25, 0.3) is 0 Å². The molecule has 7 nitrogen and oxygen atoms in total. The van der Waals surface area contributed by atoms with Gasteiger partial charge in [-0.2, -0.15) is 4.98 Å². The molecule has 0 aliphatic heterocycles. The number of carbonyl (C=O) groups is 1. The Balaban J connectivity index is 1.52. The molecule has 1 fully saturated rings. The number of carbonyl (C=O) groups excluding carboxylic acids is 1. The quantitative estimate of drug-likeness (QED) is 0.500. The number of nitrogens with zero attached hydrogens (tertiary/aromatic N) is 2. The molecule has 5 rings (SSSR count). The van der Waals surface area contributed by atoms with Crippen molar-refractivity contribution in [2.24, 2.45) is 23.5 Å². The third-order valence-corrected chi connectivity index (χ3v) is 5.80. The van der Waals surface area contributed by atoms with Crippen LogP contribution >= 0.6 is 0 Å². The SMILES string of the molecule is NC(=O)C1C2C=CC(C2)C1Nc1nc(Nc2cccc(O)c2)nc2ccccc12. The van der Waals surface area contributed by atoms with Crippen molar-refractivity contribution in [1.29, 1.82) is 0 Å². The number of rotatable bonds is 5. The Bertz CT molecular complexity index is 1130. The van der Waals surface area contributed by atoms with Gasteiger partial charge in [0.15, 0.2) is 0 Å². The van der Waals surface area contributed by atoms with Gasteiger partial charge in [-0.15, -0.1) is 0 Å².